The zero-order valence-electron chi connectivity index (χ0n) is 13.6. The van der Waals surface area contributed by atoms with Crippen molar-refractivity contribution in [2.24, 2.45) is 0 Å². The van der Waals surface area contributed by atoms with Gasteiger partial charge >= 0.3 is 0 Å². The number of amides is 3. The van der Waals surface area contributed by atoms with Crippen molar-refractivity contribution in [3.8, 4) is 5.75 Å². The molecule has 0 unspecified atom stereocenters. The first kappa shape index (κ1) is 16.7. The number of imide groups is 1. The molecule has 7 nitrogen and oxygen atoms in total. The van der Waals surface area contributed by atoms with Crippen LogP contribution in [0.15, 0.2) is 54.6 Å². The normalized spacial score (nSPS) is 16.8. The van der Waals surface area contributed by atoms with Crippen LogP contribution in [0.4, 0.5) is 5.69 Å². The van der Waals surface area contributed by atoms with Crippen molar-refractivity contribution in [2.45, 2.75) is 12.5 Å². The number of nitrogens with zero attached hydrogens (tertiary/aromatic N) is 1. The molecule has 7 heteroatoms. The average Bonchev–Trinajstić information content (AvgIpc) is 2.93. The summed E-state index contributed by atoms with van der Waals surface area (Å²) in [6.07, 6.45) is -0.0497. The monoisotopic (exact) mass is 339 g/mol. The molecule has 1 heterocycles. The highest BCUT2D eigenvalue weighted by Gasteiger charge is 2.40. The van der Waals surface area contributed by atoms with Crippen LogP contribution in [-0.2, 0) is 9.59 Å². The molecule has 128 valence electrons. The number of hydrogen-bond acceptors (Lipinski definition) is 5. The third kappa shape index (κ3) is 3.36. The maximum absolute atomic E-state index is 12.6. The molecule has 3 rings (SSSR count). The van der Waals surface area contributed by atoms with E-state index in [4.69, 9.17) is 4.74 Å². The SMILES string of the molecule is COc1ccccc1N1C(=O)C[C@H](NNC(=O)c2ccccc2)C1=O. The van der Waals surface area contributed by atoms with Gasteiger partial charge in [0.1, 0.15) is 11.8 Å². The second-order valence-electron chi connectivity index (χ2n) is 5.46. The first-order chi connectivity index (χ1) is 12.1. The summed E-state index contributed by atoms with van der Waals surface area (Å²) >= 11 is 0. The molecule has 25 heavy (non-hydrogen) atoms. The molecule has 0 spiro atoms. The van der Waals surface area contributed by atoms with E-state index in [1.165, 1.54) is 7.11 Å². The smallest absolute Gasteiger partial charge is 0.265 e. The number of carbonyl (C=O) groups excluding carboxylic acids is 3. The van der Waals surface area contributed by atoms with E-state index in [0.717, 1.165) is 4.90 Å². The molecular weight excluding hydrogens is 322 g/mol. The van der Waals surface area contributed by atoms with Gasteiger partial charge in [0.05, 0.1) is 19.2 Å². The lowest BCUT2D eigenvalue weighted by Crippen LogP contribution is -2.48. The molecule has 1 fully saturated rings. The third-order valence-electron chi connectivity index (χ3n) is 3.87. The van der Waals surface area contributed by atoms with Gasteiger partial charge in [-0.2, -0.15) is 0 Å². The molecule has 0 aromatic heterocycles. The number of hydrogen-bond donors (Lipinski definition) is 2. The molecule has 3 amide bonds. The number of hydrazine groups is 1. The summed E-state index contributed by atoms with van der Waals surface area (Å²) in [7, 11) is 1.47. The van der Waals surface area contributed by atoms with Crippen LogP contribution >= 0.6 is 0 Å². The Morgan fingerprint density at radius 3 is 2.48 bits per heavy atom. The Balaban J connectivity index is 1.70. The number of methoxy groups -OCH3 is 1. The van der Waals surface area contributed by atoms with Gasteiger partial charge in [-0.25, -0.2) is 10.3 Å². The van der Waals surface area contributed by atoms with Crippen molar-refractivity contribution in [2.75, 3.05) is 12.0 Å². The lowest BCUT2D eigenvalue weighted by atomic mass is 10.2. The van der Waals surface area contributed by atoms with E-state index in [1.54, 1.807) is 54.6 Å². The van der Waals surface area contributed by atoms with Crippen LogP contribution in [0.25, 0.3) is 0 Å². The molecule has 1 saturated heterocycles. The standard InChI is InChI=1S/C18H17N3O4/c1-25-15-10-6-5-9-14(15)21-16(22)11-13(18(21)24)19-20-17(23)12-7-3-2-4-8-12/h2-10,13,19H,11H2,1H3,(H,20,23)/t13-/m0/s1. The molecule has 0 bridgehead atoms. The average molecular weight is 339 g/mol. The Bertz CT molecular complexity index is 807. The van der Waals surface area contributed by atoms with Crippen molar-refractivity contribution in [1.82, 2.24) is 10.9 Å². The highest BCUT2D eigenvalue weighted by molar-refractivity contribution is 6.23. The van der Waals surface area contributed by atoms with Crippen molar-refractivity contribution in [1.29, 1.82) is 0 Å². The molecular formula is C18H17N3O4. The number of benzene rings is 2. The van der Waals surface area contributed by atoms with Crippen molar-refractivity contribution < 1.29 is 19.1 Å². The number of para-hydroxylation sites is 2. The fourth-order valence-electron chi connectivity index (χ4n) is 2.63. The molecule has 2 N–H and O–H groups in total. The second kappa shape index (κ2) is 7.14. The molecule has 0 radical (unpaired) electrons. The highest BCUT2D eigenvalue weighted by Crippen LogP contribution is 2.31. The zero-order chi connectivity index (χ0) is 17.8. The number of nitrogens with one attached hydrogen (secondary N) is 2. The van der Waals surface area contributed by atoms with E-state index in [0.29, 0.717) is 17.0 Å². The van der Waals surface area contributed by atoms with Gasteiger partial charge in [-0.15, -0.1) is 0 Å². The number of rotatable bonds is 5. The van der Waals surface area contributed by atoms with Crippen LogP contribution < -0.4 is 20.5 Å². The quantitative estimate of drug-likeness (QED) is 0.632. The molecule has 1 aliphatic rings. The molecule has 0 saturated carbocycles. The lowest BCUT2D eigenvalue weighted by molar-refractivity contribution is -0.121. The summed E-state index contributed by atoms with van der Waals surface area (Å²) in [6, 6.07) is 14.5. The van der Waals surface area contributed by atoms with E-state index in [-0.39, 0.29) is 18.2 Å². The van der Waals surface area contributed by atoms with E-state index in [9.17, 15) is 14.4 Å². The Morgan fingerprint density at radius 1 is 1.08 bits per heavy atom. The summed E-state index contributed by atoms with van der Waals surface area (Å²) in [5, 5.41) is 0. The summed E-state index contributed by atoms with van der Waals surface area (Å²) in [6.45, 7) is 0. The minimum absolute atomic E-state index is 0.0497. The number of ether oxygens (including phenoxy) is 1. The minimum atomic E-state index is -0.829. The van der Waals surface area contributed by atoms with Crippen LogP contribution in [0.2, 0.25) is 0 Å². The van der Waals surface area contributed by atoms with Crippen LogP contribution in [0, 0.1) is 0 Å². The molecule has 0 aliphatic carbocycles. The van der Waals surface area contributed by atoms with Crippen LogP contribution in [-0.4, -0.2) is 30.9 Å². The fraction of sp³-hybridized carbons (Fsp3) is 0.167. The third-order valence-corrected chi connectivity index (χ3v) is 3.87. The number of carbonyl (C=O) groups is 3. The Morgan fingerprint density at radius 2 is 1.76 bits per heavy atom. The predicted molar refractivity (Wildman–Crippen MR) is 90.9 cm³/mol. The maximum Gasteiger partial charge on any atom is 0.265 e. The van der Waals surface area contributed by atoms with Crippen LogP contribution in [0.1, 0.15) is 16.8 Å². The Kier molecular flexibility index (Phi) is 4.76. The minimum Gasteiger partial charge on any atom is -0.495 e. The molecule has 2 aromatic carbocycles. The van der Waals surface area contributed by atoms with Gasteiger partial charge in [0.15, 0.2) is 0 Å². The predicted octanol–water partition coefficient (Wildman–Crippen LogP) is 1.26. The Hall–Kier alpha value is -3.19. The largest absolute Gasteiger partial charge is 0.495 e. The summed E-state index contributed by atoms with van der Waals surface area (Å²) in [5.41, 5.74) is 5.96. The van der Waals surface area contributed by atoms with E-state index >= 15 is 0 Å². The lowest BCUT2D eigenvalue weighted by Gasteiger charge is -2.18. The maximum atomic E-state index is 12.6. The van der Waals surface area contributed by atoms with Gasteiger partial charge in [0.2, 0.25) is 5.91 Å². The molecule has 1 aliphatic heterocycles. The zero-order valence-corrected chi connectivity index (χ0v) is 13.6. The van der Waals surface area contributed by atoms with Crippen LogP contribution in [0.3, 0.4) is 0 Å². The number of anilines is 1. The molecule has 2 aromatic rings. The second-order valence-corrected chi connectivity index (χ2v) is 5.46. The Labute approximate surface area is 144 Å². The highest BCUT2D eigenvalue weighted by atomic mass is 16.5. The summed E-state index contributed by atoms with van der Waals surface area (Å²) in [4.78, 5) is 38.0. The van der Waals surface area contributed by atoms with Crippen molar-refractivity contribution in [3.05, 3.63) is 60.2 Å². The van der Waals surface area contributed by atoms with Crippen molar-refractivity contribution >= 4 is 23.4 Å². The topological polar surface area (TPSA) is 87.7 Å². The van der Waals surface area contributed by atoms with Gasteiger partial charge in [-0.1, -0.05) is 30.3 Å². The summed E-state index contributed by atoms with van der Waals surface area (Å²) in [5.74, 6) is -0.751. The van der Waals surface area contributed by atoms with Gasteiger partial charge in [0, 0.05) is 5.56 Å². The van der Waals surface area contributed by atoms with Gasteiger partial charge in [-0.3, -0.25) is 19.8 Å². The van der Waals surface area contributed by atoms with Gasteiger partial charge < -0.3 is 4.74 Å². The first-order valence-corrected chi connectivity index (χ1v) is 7.72. The van der Waals surface area contributed by atoms with E-state index in [1.807, 2.05) is 0 Å². The van der Waals surface area contributed by atoms with Crippen LogP contribution in [0.5, 0.6) is 5.75 Å². The summed E-state index contributed by atoms with van der Waals surface area (Å²) < 4.78 is 5.21. The van der Waals surface area contributed by atoms with E-state index < -0.39 is 11.9 Å². The molecule has 1 atom stereocenters. The van der Waals surface area contributed by atoms with Gasteiger partial charge in [0.25, 0.3) is 11.8 Å². The van der Waals surface area contributed by atoms with E-state index in [2.05, 4.69) is 10.9 Å². The van der Waals surface area contributed by atoms with Gasteiger partial charge in [-0.05, 0) is 24.3 Å². The first-order valence-electron chi connectivity index (χ1n) is 7.72. The fourth-order valence-corrected chi connectivity index (χ4v) is 2.63. The van der Waals surface area contributed by atoms with Crippen molar-refractivity contribution in [3.63, 3.8) is 0 Å².